The molecule has 0 unspecified atom stereocenters. The highest BCUT2D eigenvalue weighted by molar-refractivity contribution is 5.55. The molecule has 0 saturated heterocycles. The van der Waals surface area contributed by atoms with E-state index in [1.807, 2.05) is 13.0 Å². The average molecular weight is 236 g/mol. The summed E-state index contributed by atoms with van der Waals surface area (Å²) in [4.78, 5) is 10.0. The van der Waals surface area contributed by atoms with Gasteiger partial charge in [-0.05, 0) is 29.8 Å². The zero-order chi connectivity index (χ0) is 12.7. The van der Waals surface area contributed by atoms with E-state index in [-0.39, 0.29) is 12.3 Å². The molecule has 17 heavy (non-hydrogen) atoms. The van der Waals surface area contributed by atoms with Crippen molar-refractivity contribution in [1.29, 1.82) is 0 Å². The molecule has 5 heteroatoms. The molecule has 2 N–H and O–H groups in total. The van der Waals surface area contributed by atoms with Gasteiger partial charge < -0.3 is 10.4 Å². The molecule has 0 spiro atoms. The molecule has 5 nitrogen and oxygen atoms in total. The van der Waals surface area contributed by atoms with Gasteiger partial charge >= 0.3 is 0 Å². The van der Waals surface area contributed by atoms with E-state index in [2.05, 4.69) is 5.32 Å². The number of nitrogens with one attached hydrogen (secondary N) is 1. The van der Waals surface area contributed by atoms with Crippen LogP contribution in [0.4, 0.5) is 5.69 Å². The fraction of sp³-hybridized carbons (Fsp3) is 0.333. The van der Waals surface area contributed by atoms with Gasteiger partial charge in [0.25, 0.3) is 5.69 Å². The number of rotatable bonds is 6. The number of aliphatic hydroxyl groups excluding tert-OH is 1. The third kappa shape index (κ3) is 4.34. The van der Waals surface area contributed by atoms with Crippen LogP contribution in [0, 0.1) is 10.1 Å². The monoisotopic (exact) mass is 236 g/mol. The lowest BCUT2D eigenvalue weighted by Crippen LogP contribution is -2.17. The highest BCUT2D eigenvalue weighted by Gasteiger charge is 2.03. The number of nitro groups is 1. The molecule has 1 aromatic rings. The van der Waals surface area contributed by atoms with Crippen LogP contribution in [0.1, 0.15) is 12.5 Å². The van der Waals surface area contributed by atoms with Crippen molar-refractivity contribution in [2.45, 2.75) is 6.92 Å². The van der Waals surface area contributed by atoms with Gasteiger partial charge in [-0.1, -0.05) is 13.0 Å². The number of likely N-dealkylation sites (N-methyl/N-ethyl adjacent to an activating group) is 1. The molecule has 0 atom stereocenters. The number of hydrogen-bond acceptors (Lipinski definition) is 4. The fourth-order valence-electron chi connectivity index (χ4n) is 1.37. The van der Waals surface area contributed by atoms with Crippen molar-refractivity contribution in [2.24, 2.45) is 0 Å². The number of benzene rings is 1. The predicted octanol–water partition coefficient (Wildman–Crippen LogP) is 1.58. The molecule has 0 radical (unpaired) electrons. The number of aliphatic hydroxyl groups is 1. The van der Waals surface area contributed by atoms with Gasteiger partial charge in [-0.3, -0.25) is 10.1 Å². The Hall–Kier alpha value is -1.72. The SMILES string of the molecule is CCNC/C(=C/c1ccc([N+](=O)[O-])cc1)CO. The van der Waals surface area contributed by atoms with Gasteiger partial charge in [0.1, 0.15) is 0 Å². The standard InChI is InChI=1S/C12H16N2O3/c1-2-13-8-11(9-15)7-10-3-5-12(6-4-10)14(16)17/h3-7,13,15H,2,8-9H2,1H3/b11-7-. The zero-order valence-electron chi connectivity index (χ0n) is 9.72. The molecule has 1 aromatic carbocycles. The van der Waals surface area contributed by atoms with Crippen molar-refractivity contribution in [1.82, 2.24) is 5.32 Å². The smallest absolute Gasteiger partial charge is 0.269 e. The molecule has 1 rings (SSSR count). The van der Waals surface area contributed by atoms with E-state index in [1.54, 1.807) is 12.1 Å². The van der Waals surface area contributed by atoms with Crippen LogP contribution in [0.5, 0.6) is 0 Å². The van der Waals surface area contributed by atoms with Crippen LogP contribution in [0.25, 0.3) is 6.08 Å². The van der Waals surface area contributed by atoms with Crippen LogP contribution >= 0.6 is 0 Å². The van der Waals surface area contributed by atoms with E-state index in [9.17, 15) is 10.1 Å². The van der Waals surface area contributed by atoms with Crippen LogP contribution in [-0.2, 0) is 0 Å². The average Bonchev–Trinajstić information content (AvgIpc) is 2.35. The Morgan fingerprint density at radius 1 is 1.47 bits per heavy atom. The quantitative estimate of drug-likeness (QED) is 0.581. The largest absolute Gasteiger partial charge is 0.392 e. The van der Waals surface area contributed by atoms with Crippen LogP contribution in [0.2, 0.25) is 0 Å². The molecule has 0 heterocycles. The van der Waals surface area contributed by atoms with Gasteiger partial charge in [0, 0.05) is 18.7 Å². The summed E-state index contributed by atoms with van der Waals surface area (Å²) in [6.45, 7) is 3.41. The Labute approximate surface area is 99.9 Å². The highest BCUT2D eigenvalue weighted by atomic mass is 16.6. The first-order valence-electron chi connectivity index (χ1n) is 5.43. The summed E-state index contributed by atoms with van der Waals surface area (Å²) in [5, 5.41) is 22.7. The normalized spacial score (nSPS) is 11.5. The molecule has 0 saturated carbocycles. The highest BCUT2D eigenvalue weighted by Crippen LogP contribution is 2.14. The van der Waals surface area contributed by atoms with E-state index in [0.717, 1.165) is 17.7 Å². The third-order valence-corrected chi connectivity index (χ3v) is 2.28. The molecule has 0 aliphatic carbocycles. The lowest BCUT2D eigenvalue weighted by molar-refractivity contribution is -0.384. The minimum atomic E-state index is -0.431. The van der Waals surface area contributed by atoms with Crippen molar-refractivity contribution in [3.8, 4) is 0 Å². The zero-order valence-corrected chi connectivity index (χ0v) is 9.72. The maximum Gasteiger partial charge on any atom is 0.269 e. The number of nitrogens with zero attached hydrogens (tertiary/aromatic N) is 1. The second kappa shape index (κ2) is 6.78. The molecule has 0 amide bonds. The Morgan fingerprint density at radius 2 is 2.12 bits per heavy atom. The molecule has 0 aliphatic heterocycles. The number of non-ortho nitro benzene ring substituents is 1. The van der Waals surface area contributed by atoms with E-state index in [1.165, 1.54) is 12.1 Å². The topological polar surface area (TPSA) is 75.4 Å². The van der Waals surface area contributed by atoms with Gasteiger partial charge in [0.05, 0.1) is 11.5 Å². The second-order valence-corrected chi connectivity index (χ2v) is 3.59. The summed E-state index contributed by atoms with van der Waals surface area (Å²) in [6, 6.07) is 6.24. The third-order valence-electron chi connectivity index (χ3n) is 2.28. The van der Waals surface area contributed by atoms with E-state index in [0.29, 0.717) is 6.54 Å². The first kappa shape index (κ1) is 13.3. The second-order valence-electron chi connectivity index (χ2n) is 3.59. The molecule has 0 aromatic heterocycles. The predicted molar refractivity (Wildman–Crippen MR) is 66.7 cm³/mol. The maximum absolute atomic E-state index is 10.5. The van der Waals surface area contributed by atoms with Crippen molar-refractivity contribution in [2.75, 3.05) is 19.7 Å². The van der Waals surface area contributed by atoms with Crippen molar-refractivity contribution in [3.63, 3.8) is 0 Å². The lowest BCUT2D eigenvalue weighted by Gasteiger charge is -2.04. The van der Waals surface area contributed by atoms with E-state index >= 15 is 0 Å². The Balaban J connectivity index is 2.77. The van der Waals surface area contributed by atoms with Crippen LogP contribution in [0.3, 0.4) is 0 Å². The van der Waals surface area contributed by atoms with Gasteiger partial charge in [-0.25, -0.2) is 0 Å². The van der Waals surface area contributed by atoms with E-state index < -0.39 is 4.92 Å². The summed E-state index contributed by atoms with van der Waals surface area (Å²) in [5.74, 6) is 0. The molecular weight excluding hydrogens is 220 g/mol. The van der Waals surface area contributed by atoms with Gasteiger partial charge in [-0.2, -0.15) is 0 Å². The van der Waals surface area contributed by atoms with Crippen molar-refractivity contribution < 1.29 is 10.0 Å². The first-order chi connectivity index (χ1) is 8.17. The summed E-state index contributed by atoms with van der Waals surface area (Å²) < 4.78 is 0. The summed E-state index contributed by atoms with van der Waals surface area (Å²) >= 11 is 0. The van der Waals surface area contributed by atoms with Crippen molar-refractivity contribution >= 4 is 11.8 Å². The van der Waals surface area contributed by atoms with Crippen molar-refractivity contribution in [3.05, 3.63) is 45.5 Å². The molecule has 0 fully saturated rings. The summed E-state index contributed by atoms with van der Waals surface area (Å²) in [7, 11) is 0. The summed E-state index contributed by atoms with van der Waals surface area (Å²) in [6.07, 6.45) is 1.83. The number of nitro benzene ring substituents is 1. The van der Waals surface area contributed by atoms with Gasteiger partial charge in [0.2, 0.25) is 0 Å². The molecule has 0 aliphatic rings. The van der Waals surface area contributed by atoms with Gasteiger partial charge in [0.15, 0.2) is 0 Å². The molecule has 92 valence electrons. The lowest BCUT2D eigenvalue weighted by atomic mass is 10.1. The fourth-order valence-corrected chi connectivity index (χ4v) is 1.37. The Kier molecular flexibility index (Phi) is 5.32. The van der Waals surface area contributed by atoms with Crippen LogP contribution < -0.4 is 5.32 Å². The molecular formula is C12H16N2O3. The molecule has 0 bridgehead atoms. The van der Waals surface area contributed by atoms with Gasteiger partial charge in [-0.15, -0.1) is 0 Å². The van der Waals surface area contributed by atoms with Crippen LogP contribution in [0.15, 0.2) is 29.8 Å². The first-order valence-corrected chi connectivity index (χ1v) is 5.43. The van der Waals surface area contributed by atoms with Crippen LogP contribution in [-0.4, -0.2) is 29.7 Å². The summed E-state index contributed by atoms with van der Waals surface area (Å²) in [5.41, 5.74) is 1.76. The number of hydrogen-bond donors (Lipinski definition) is 2. The maximum atomic E-state index is 10.5. The van der Waals surface area contributed by atoms with E-state index in [4.69, 9.17) is 5.11 Å². The Bertz CT molecular complexity index is 399. The minimum Gasteiger partial charge on any atom is -0.392 e. The Morgan fingerprint density at radius 3 is 2.59 bits per heavy atom. The minimum absolute atomic E-state index is 0.0238.